The van der Waals surface area contributed by atoms with E-state index >= 15 is 0 Å². The van der Waals surface area contributed by atoms with E-state index in [1.165, 1.54) is 6.07 Å². The molecule has 0 radical (unpaired) electrons. The Labute approximate surface area is 119 Å². The van der Waals surface area contributed by atoms with Crippen LogP contribution in [0.5, 0.6) is 0 Å². The molecule has 0 N–H and O–H groups in total. The molecule has 0 spiro atoms. The number of benzene rings is 1. The van der Waals surface area contributed by atoms with Crippen LogP contribution in [0, 0.1) is 0 Å². The Hall–Kier alpha value is -1.89. The molecule has 0 bridgehead atoms. The number of halogens is 3. The lowest BCUT2D eigenvalue weighted by atomic mass is 10.1. The minimum atomic E-state index is -4.38. The van der Waals surface area contributed by atoms with Gasteiger partial charge in [0.2, 0.25) is 11.7 Å². The summed E-state index contributed by atoms with van der Waals surface area (Å²) in [6, 6.07) is 4.95. The summed E-state index contributed by atoms with van der Waals surface area (Å²) in [5.41, 5.74) is -0.405. The summed E-state index contributed by atoms with van der Waals surface area (Å²) in [7, 11) is 2.00. The Kier molecular flexibility index (Phi) is 3.44. The largest absolute Gasteiger partial charge is 0.416 e. The van der Waals surface area contributed by atoms with Crippen LogP contribution in [0.1, 0.15) is 23.8 Å². The molecule has 1 aromatic carbocycles. The van der Waals surface area contributed by atoms with Crippen molar-refractivity contribution in [2.24, 2.45) is 0 Å². The number of alkyl halides is 3. The van der Waals surface area contributed by atoms with E-state index in [9.17, 15) is 13.2 Å². The van der Waals surface area contributed by atoms with Crippen LogP contribution >= 0.6 is 0 Å². The zero-order chi connectivity index (χ0) is 15.0. The lowest BCUT2D eigenvalue weighted by Crippen LogP contribution is -2.13. The molecule has 1 unspecified atom stereocenters. The van der Waals surface area contributed by atoms with Crippen LogP contribution in [-0.4, -0.2) is 35.2 Å². The molecule has 4 nitrogen and oxygen atoms in total. The molecule has 2 aromatic rings. The van der Waals surface area contributed by atoms with Crippen molar-refractivity contribution in [2.75, 3.05) is 20.1 Å². The van der Waals surface area contributed by atoms with Crippen LogP contribution in [0.15, 0.2) is 28.8 Å². The third-order valence-electron chi connectivity index (χ3n) is 3.63. The van der Waals surface area contributed by atoms with Gasteiger partial charge in [-0.05, 0) is 32.1 Å². The summed E-state index contributed by atoms with van der Waals surface area (Å²) >= 11 is 0. The first kappa shape index (κ1) is 14.1. The van der Waals surface area contributed by atoms with Gasteiger partial charge in [-0.25, -0.2) is 0 Å². The summed E-state index contributed by atoms with van der Waals surface area (Å²) < 4.78 is 43.3. The molecule has 7 heteroatoms. The number of likely N-dealkylation sites (N-methyl/N-ethyl adjacent to an activating group) is 1. The number of nitrogens with zero attached hydrogens (tertiary/aromatic N) is 3. The van der Waals surface area contributed by atoms with Gasteiger partial charge in [-0.3, -0.25) is 0 Å². The molecule has 1 atom stereocenters. The SMILES string of the molecule is CN1CCC(c2nc(-c3cccc(C(F)(F)F)c3)no2)C1. The van der Waals surface area contributed by atoms with Crippen LogP contribution < -0.4 is 0 Å². The van der Waals surface area contributed by atoms with Gasteiger partial charge in [0.05, 0.1) is 11.5 Å². The number of likely N-dealkylation sites (tertiary alicyclic amines) is 1. The summed E-state index contributed by atoms with van der Waals surface area (Å²) in [6.07, 6.45) is -3.46. The molecule has 1 saturated heterocycles. The molecule has 2 heterocycles. The summed E-state index contributed by atoms with van der Waals surface area (Å²) in [5, 5.41) is 3.81. The Morgan fingerprint density at radius 3 is 2.81 bits per heavy atom. The van der Waals surface area contributed by atoms with Crippen LogP contribution in [0.4, 0.5) is 13.2 Å². The zero-order valence-electron chi connectivity index (χ0n) is 11.4. The summed E-state index contributed by atoms with van der Waals surface area (Å²) in [5.74, 6) is 0.847. The average Bonchev–Trinajstić information content (AvgIpc) is 3.06. The zero-order valence-corrected chi connectivity index (χ0v) is 11.4. The van der Waals surface area contributed by atoms with Crippen molar-refractivity contribution in [3.63, 3.8) is 0 Å². The highest BCUT2D eigenvalue weighted by molar-refractivity contribution is 5.55. The van der Waals surface area contributed by atoms with E-state index in [1.54, 1.807) is 6.07 Å². The van der Waals surface area contributed by atoms with E-state index < -0.39 is 11.7 Å². The van der Waals surface area contributed by atoms with Gasteiger partial charge < -0.3 is 9.42 Å². The third kappa shape index (κ3) is 2.92. The molecule has 1 fully saturated rings. The van der Waals surface area contributed by atoms with Crippen LogP contribution in [-0.2, 0) is 6.18 Å². The first-order valence-electron chi connectivity index (χ1n) is 6.63. The average molecular weight is 297 g/mol. The Bertz CT molecular complexity index is 638. The van der Waals surface area contributed by atoms with Crippen molar-refractivity contribution >= 4 is 0 Å². The number of aromatic nitrogens is 2. The van der Waals surface area contributed by atoms with Crippen molar-refractivity contribution in [2.45, 2.75) is 18.5 Å². The van der Waals surface area contributed by atoms with Gasteiger partial charge in [0.15, 0.2) is 0 Å². The van der Waals surface area contributed by atoms with Crippen LogP contribution in [0.3, 0.4) is 0 Å². The second-order valence-electron chi connectivity index (χ2n) is 5.28. The van der Waals surface area contributed by atoms with E-state index in [2.05, 4.69) is 15.0 Å². The maximum atomic E-state index is 12.7. The molecular weight excluding hydrogens is 283 g/mol. The molecule has 21 heavy (non-hydrogen) atoms. The second-order valence-corrected chi connectivity index (χ2v) is 5.28. The highest BCUT2D eigenvalue weighted by Gasteiger charge is 2.31. The van der Waals surface area contributed by atoms with Crippen molar-refractivity contribution in [1.82, 2.24) is 15.0 Å². The molecule has 0 amide bonds. The molecule has 0 aliphatic carbocycles. The number of rotatable bonds is 2. The van der Waals surface area contributed by atoms with Gasteiger partial charge >= 0.3 is 6.18 Å². The Morgan fingerprint density at radius 1 is 1.33 bits per heavy atom. The van der Waals surface area contributed by atoms with E-state index in [0.717, 1.165) is 31.6 Å². The van der Waals surface area contributed by atoms with Gasteiger partial charge in [-0.1, -0.05) is 17.3 Å². The predicted octanol–water partition coefficient (Wildman–Crippen LogP) is 3.17. The first-order valence-corrected chi connectivity index (χ1v) is 6.63. The lowest BCUT2D eigenvalue weighted by molar-refractivity contribution is -0.137. The van der Waals surface area contributed by atoms with Crippen LogP contribution in [0.2, 0.25) is 0 Å². The van der Waals surface area contributed by atoms with Gasteiger partial charge in [-0.2, -0.15) is 18.2 Å². The molecule has 0 saturated carbocycles. The Morgan fingerprint density at radius 2 is 2.14 bits per heavy atom. The van der Waals surface area contributed by atoms with E-state index in [0.29, 0.717) is 11.5 Å². The number of hydrogen-bond donors (Lipinski definition) is 0. The molecule has 112 valence electrons. The van der Waals surface area contributed by atoms with Crippen molar-refractivity contribution in [3.05, 3.63) is 35.7 Å². The minimum Gasteiger partial charge on any atom is -0.339 e. The fourth-order valence-corrected chi connectivity index (χ4v) is 2.49. The predicted molar refractivity (Wildman–Crippen MR) is 69.6 cm³/mol. The highest BCUT2D eigenvalue weighted by Crippen LogP contribution is 2.32. The smallest absolute Gasteiger partial charge is 0.339 e. The molecule has 3 rings (SSSR count). The maximum Gasteiger partial charge on any atom is 0.416 e. The first-order chi connectivity index (χ1) is 9.93. The van der Waals surface area contributed by atoms with Gasteiger partial charge in [-0.15, -0.1) is 0 Å². The highest BCUT2D eigenvalue weighted by atomic mass is 19.4. The fourth-order valence-electron chi connectivity index (χ4n) is 2.49. The van der Waals surface area contributed by atoms with Crippen molar-refractivity contribution in [3.8, 4) is 11.4 Å². The van der Waals surface area contributed by atoms with E-state index in [1.807, 2.05) is 7.05 Å². The fraction of sp³-hybridized carbons (Fsp3) is 0.429. The van der Waals surface area contributed by atoms with E-state index in [4.69, 9.17) is 4.52 Å². The van der Waals surface area contributed by atoms with E-state index in [-0.39, 0.29) is 11.7 Å². The molecule has 1 aromatic heterocycles. The molecule has 1 aliphatic heterocycles. The second kappa shape index (κ2) is 5.14. The quantitative estimate of drug-likeness (QED) is 0.854. The van der Waals surface area contributed by atoms with Gasteiger partial charge in [0.1, 0.15) is 0 Å². The van der Waals surface area contributed by atoms with Crippen molar-refractivity contribution < 1.29 is 17.7 Å². The topological polar surface area (TPSA) is 42.2 Å². The monoisotopic (exact) mass is 297 g/mol. The van der Waals surface area contributed by atoms with Crippen molar-refractivity contribution in [1.29, 1.82) is 0 Å². The van der Waals surface area contributed by atoms with Gasteiger partial charge in [0.25, 0.3) is 0 Å². The summed E-state index contributed by atoms with van der Waals surface area (Å²) in [6.45, 7) is 1.77. The molecule has 1 aliphatic rings. The standard InChI is InChI=1S/C14H14F3N3O/c1-20-6-5-10(8-20)13-18-12(19-21-13)9-3-2-4-11(7-9)14(15,16)17/h2-4,7,10H,5-6,8H2,1H3. The Balaban J connectivity index is 1.86. The van der Waals surface area contributed by atoms with Gasteiger partial charge in [0, 0.05) is 12.1 Å². The third-order valence-corrected chi connectivity index (χ3v) is 3.63. The molecular formula is C14H14F3N3O. The summed E-state index contributed by atoms with van der Waals surface area (Å²) in [4.78, 5) is 6.40. The maximum absolute atomic E-state index is 12.7. The normalized spacial score (nSPS) is 20.1. The minimum absolute atomic E-state index is 0.155. The van der Waals surface area contributed by atoms with Crippen LogP contribution in [0.25, 0.3) is 11.4 Å². The lowest BCUT2D eigenvalue weighted by Gasteiger charge is -2.06. The number of hydrogen-bond acceptors (Lipinski definition) is 4.